The summed E-state index contributed by atoms with van der Waals surface area (Å²) in [6.45, 7) is 2.85. The van der Waals surface area contributed by atoms with Crippen LogP contribution in [0.15, 0.2) is 46.3 Å². The first-order valence-corrected chi connectivity index (χ1v) is 7.73. The molecule has 19 heavy (non-hydrogen) atoms. The SMILES string of the molecule is Cc1cc(NCc2sccc2Br)c2ccccc2n1. The quantitative estimate of drug-likeness (QED) is 0.731. The number of rotatable bonds is 3. The van der Waals surface area contributed by atoms with E-state index in [4.69, 9.17) is 0 Å². The van der Waals surface area contributed by atoms with E-state index < -0.39 is 0 Å². The molecule has 0 amide bonds. The van der Waals surface area contributed by atoms with Crippen molar-refractivity contribution in [2.75, 3.05) is 5.32 Å². The average molecular weight is 333 g/mol. The first kappa shape index (κ1) is 12.6. The predicted molar refractivity (Wildman–Crippen MR) is 85.8 cm³/mol. The van der Waals surface area contributed by atoms with E-state index in [9.17, 15) is 0 Å². The second-order valence-corrected chi connectivity index (χ2v) is 6.23. The minimum Gasteiger partial charge on any atom is -0.380 e. The lowest BCUT2D eigenvalue weighted by atomic mass is 10.1. The van der Waals surface area contributed by atoms with Crippen molar-refractivity contribution < 1.29 is 0 Å². The maximum absolute atomic E-state index is 4.55. The van der Waals surface area contributed by atoms with Gasteiger partial charge in [0.15, 0.2) is 0 Å². The van der Waals surface area contributed by atoms with Gasteiger partial charge in [0.25, 0.3) is 0 Å². The van der Waals surface area contributed by atoms with Crippen LogP contribution in [0.3, 0.4) is 0 Å². The Morgan fingerprint density at radius 3 is 2.89 bits per heavy atom. The Kier molecular flexibility index (Phi) is 3.53. The summed E-state index contributed by atoms with van der Waals surface area (Å²) in [7, 11) is 0. The van der Waals surface area contributed by atoms with Gasteiger partial charge in [0.1, 0.15) is 0 Å². The number of hydrogen-bond acceptors (Lipinski definition) is 3. The van der Waals surface area contributed by atoms with Crippen molar-refractivity contribution in [3.05, 3.63) is 56.8 Å². The van der Waals surface area contributed by atoms with Crippen LogP contribution in [-0.2, 0) is 6.54 Å². The lowest BCUT2D eigenvalue weighted by molar-refractivity contribution is 1.17. The van der Waals surface area contributed by atoms with Gasteiger partial charge in [-0.1, -0.05) is 18.2 Å². The number of halogens is 1. The Balaban J connectivity index is 1.94. The van der Waals surface area contributed by atoms with Crippen molar-refractivity contribution in [3.8, 4) is 0 Å². The van der Waals surface area contributed by atoms with Crippen LogP contribution < -0.4 is 5.32 Å². The summed E-state index contributed by atoms with van der Waals surface area (Å²) in [4.78, 5) is 5.86. The second-order valence-electron chi connectivity index (χ2n) is 4.37. The van der Waals surface area contributed by atoms with E-state index in [1.807, 2.05) is 19.1 Å². The monoisotopic (exact) mass is 332 g/mol. The molecular formula is C15H13BrN2S. The number of hydrogen-bond donors (Lipinski definition) is 1. The molecule has 0 radical (unpaired) electrons. The van der Waals surface area contributed by atoms with Crippen molar-refractivity contribution >= 4 is 43.9 Å². The topological polar surface area (TPSA) is 24.9 Å². The molecule has 0 aliphatic carbocycles. The number of benzene rings is 1. The van der Waals surface area contributed by atoms with Crippen LogP contribution in [0.4, 0.5) is 5.69 Å². The maximum Gasteiger partial charge on any atom is 0.0725 e. The number of aryl methyl sites for hydroxylation is 1. The van der Waals surface area contributed by atoms with E-state index >= 15 is 0 Å². The van der Waals surface area contributed by atoms with Crippen molar-refractivity contribution in [3.63, 3.8) is 0 Å². The summed E-state index contributed by atoms with van der Waals surface area (Å²) in [5.41, 5.74) is 3.21. The number of para-hydroxylation sites is 1. The number of aromatic nitrogens is 1. The van der Waals surface area contributed by atoms with Gasteiger partial charge in [0.2, 0.25) is 0 Å². The van der Waals surface area contributed by atoms with Crippen molar-refractivity contribution in [2.24, 2.45) is 0 Å². The summed E-state index contributed by atoms with van der Waals surface area (Å²) in [6.07, 6.45) is 0. The molecule has 0 aliphatic rings. The Labute approximate surface area is 124 Å². The van der Waals surface area contributed by atoms with Crippen LogP contribution in [0.25, 0.3) is 10.9 Å². The Hall–Kier alpha value is -1.39. The van der Waals surface area contributed by atoms with Gasteiger partial charge in [-0.2, -0.15) is 0 Å². The molecule has 2 nitrogen and oxygen atoms in total. The smallest absolute Gasteiger partial charge is 0.0725 e. The van der Waals surface area contributed by atoms with Gasteiger partial charge in [-0.3, -0.25) is 4.98 Å². The van der Waals surface area contributed by atoms with Gasteiger partial charge < -0.3 is 5.32 Å². The number of pyridine rings is 1. The fourth-order valence-electron chi connectivity index (χ4n) is 2.08. The van der Waals surface area contributed by atoms with Crippen LogP contribution in [0.1, 0.15) is 10.6 Å². The van der Waals surface area contributed by atoms with Gasteiger partial charge in [-0.05, 0) is 46.4 Å². The Morgan fingerprint density at radius 2 is 2.11 bits per heavy atom. The molecule has 0 aliphatic heterocycles. The summed E-state index contributed by atoms with van der Waals surface area (Å²) in [5, 5.41) is 6.77. The first-order valence-electron chi connectivity index (χ1n) is 6.06. The van der Waals surface area contributed by atoms with E-state index in [0.717, 1.165) is 23.4 Å². The first-order chi connectivity index (χ1) is 9.24. The van der Waals surface area contributed by atoms with Gasteiger partial charge in [0.05, 0.1) is 12.1 Å². The standard InChI is InChI=1S/C15H13BrN2S/c1-10-8-14(11-4-2-3-5-13(11)18-10)17-9-15-12(16)6-7-19-15/h2-8H,9H2,1H3,(H,17,18). The number of fused-ring (bicyclic) bond motifs is 1. The second kappa shape index (κ2) is 5.31. The van der Waals surface area contributed by atoms with E-state index in [-0.39, 0.29) is 0 Å². The third-order valence-electron chi connectivity index (χ3n) is 2.97. The van der Waals surface area contributed by atoms with Crippen molar-refractivity contribution in [1.29, 1.82) is 0 Å². The van der Waals surface area contributed by atoms with Gasteiger partial charge in [0, 0.05) is 26.1 Å². The summed E-state index contributed by atoms with van der Waals surface area (Å²) in [5.74, 6) is 0. The third kappa shape index (κ3) is 2.65. The van der Waals surface area contributed by atoms with E-state index in [2.05, 4.69) is 55.9 Å². The molecule has 0 fully saturated rings. The number of anilines is 1. The number of nitrogens with zero attached hydrogens (tertiary/aromatic N) is 1. The molecule has 3 rings (SSSR count). The predicted octanol–water partition coefficient (Wildman–Crippen LogP) is 4.98. The van der Waals surface area contributed by atoms with Crippen LogP contribution >= 0.6 is 27.3 Å². The third-order valence-corrected chi connectivity index (χ3v) is 4.90. The molecule has 0 spiro atoms. The highest BCUT2D eigenvalue weighted by atomic mass is 79.9. The molecule has 1 N–H and O–H groups in total. The lowest BCUT2D eigenvalue weighted by Gasteiger charge is -2.10. The molecule has 0 saturated carbocycles. The number of nitrogens with one attached hydrogen (secondary N) is 1. The zero-order valence-electron chi connectivity index (χ0n) is 10.5. The normalized spacial score (nSPS) is 10.8. The highest BCUT2D eigenvalue weighted by Gasteiger charge is 2.05. The van der Waals surface area contributed by atoms with Crippen LogP contribution in [0, 0.1) is 6.92 Å². The van der Waals surface area contributed by atoms with Crippen LogP contribution in [-0.4, -0.2) is 4.98 Å². The molecule has 0 unspecified atom stereocenters. The highest BCUT2D eigenvalue weighted by molar-refractivity contribution is 9.10. The van der Waals surface area contributed by atoms with Crippen molar-refractivity contribution in [1.82, 2.24) is 4.98 Å². The molecule has 1 aromatic carbocycles. The van der Waals surface area contributed by atoms with Gasteiger partial charge >= 0.3 is 0 Å². The Morgan fingerprint density at radius 1 is 1.26 bits per heavy atom. The minimum absolute atomic E-state index is 0.825. The zero-order chi connectivity index (χ0) is 13.2. The van der Waals surface area contributed by atoms with Crippen LogP contribution in [0.2, 0.25) is 0 Å². The minimum atomic E-state index is 0.825. The molecule has 96 valence electrons. The molecular weight excluding hydrogens is 320 g/mol. The fourth-order valence-corrected chi connectivity index (χ4v) is 3.51. The largest absolute Gasteiger partial charge is 0.380 e. The summed E-state index contributed by atoms with van der Waals surface area (Å²) in [6, 6.07) is 12.4. The molecule has 0 bridgehead atoms. The van der Waals surface area contributed by atoms with Gasteiger partial charge in [-0.25, -0.2) is 0 Å². The Bertz CT molecular complexity index is 721. The summed E-state index contributed by atoms with van der Waals surface area (Å²) < 4.78 is 1.17. The maximum atomic E-state index is 4.55. The van der Waals surface area contributed by atoms with E-state index in [0.29, 0.717) is 0 Å². The number of thiophene rings is 1. The summed E-state index contributed by atoms with van der Waals surface area (Å²) >= 11 is 5.32. The molecule has 2 aromatic heterocycles. The van der Waals surface area contributed by atoms with Crippen molar-refractivity contribution in [2.45, 2.75) is 13.5 Å². The molecule has 3 aromatic rings. The van der Waals surface area contributed by atoms with E-state index in [1.165, 1.54) is 14.7 Å². The molecule has 2 heterocycles. The molecule has 0 atom stereocenters. The van der Waals surface area contributed by atoms with Gasteiger partial charge in [-0.15, -0.1) is 11.3 Å². The zero-order valence-corrected chi connectivity index (χ0v) is 12.9. The van der Waals surface area contributed by atoms with E-state index in [1.54, 1.807) is 11.3 Å². The van der Waals surface area contributed by atoms with Crippen LogP contribution in [0.5, 0.6) is 0 Å². The molecule has 0 saturated heterocycles. The average Bonchev–Trinajstić information content (AvgIpc) is 2.81. The highest BCUT2D eigenvalue weighted by Crippen LogP contribution is 2.26. The fraction of sp³-hybridized carbons (Fsp3) is 0.133. The lowest BCUT2D eigenvalue weighted by Crippen LogP contribution is -2.00. The molecule has 4 heteroatoms.